The summed E-state index contributed by atoms with van der Waals surface area (Å²) in [6.07, 6.45) is 0. The molecule has 4 rings (SSSR count). The van der Waals surface area contributed by atoms with Crippen molar-refractivity contribution in [1.82, 2.24) is 10.1 Å². The van der Waals surface area contributed by atoms with Crippen molar-refractivity contribution in [2.75, 3.05) is 4.31 Å². The maximum atomic E-state index is 13.3. The summed E-state index contributed by atoms with van der Waals surface area (Å²) in [5.74, 6) is 0.626. The van der Waals surface area contributed by atoms with Gasteiger partial charge in [0.2, 0.25) is 5.13 Å². The number of anilines is 1. The van der Waals surface area contributed by atoms with Gasteiger partial charge in [-0.15, -0.1) is 0 Å². The fraction of sp³-hybridized carbons (Fsp3) is 0.111. The number of sulfonamides is 1. The van der Waals surface area contributed by atoms with Crippen LogP contribution in [0.2, 0.25) is 0 Å². The Hall–Kier alpha value is -2.71. The van der Waals surface area contributed by atoms with Crippen molar-refractivity contribution in [3.63, 3.8) is 0 Å². The summed E-state index contributed by atoms with van der Waals surface area (Å²) in [5.41, 5.74) is 1.29. The Morgan fingerprint density at radius 2 is 1.81 bits per heavy atom. The molecule has 0 fully saturated rings. The molecule has 0 saturated heterocycles. The van der Waals surface area contributed by atoms with Gasteiger partial charge in [0.15, 0.2) is 0 Å². The zero-order valence-corrected chi connectivity index (χ0v) is 15.5. The highest BCUT2D eigenvalue weighted by atomic mass is 32.2. The van der Waals surface area contributed by atoms with E-state index in [1.165, 1.54) is 15.6 Å². The summed E-state index contributed by atoms with van der Waals surface area (Å²) < 4.78 is 33.8. The third-order valence-corrected chi connectivity index (χ3v) is 6.73. The van der Waals surface area contributed by atoms with Crippen LogP contribution in [0.3, 0.4) is 0 Å². The first kappa shape index (κ1) is 16.7. The highest BCUT2D eigenvalue weighted by Crippen LogP contribution is 2.33. The molecule has 0 bridgehead atoms. The number of rotatable bonds is 5. The van der Waals surface area contributed by atoms with E-state index in [9.17, 15) is 8.42 Å². The Labute approximate surface area is 154 Å². The van der Waals surface area contributed by atoms with Crippen LogP contribution >= 0.6 is 11.3 Å². The number of hydrogen-bond acceptors (Lipinski definition) is 6. The topological polar surface area (TPSA) is 76.3 Å². The van der Waals surface area contributed by atoms with E-state index in [4.69, 9.17) is 4.52 Å². The minimum Gasteiger partial charge on any atom is -0.361 e. The maximum absolute atomic E-state index is 13.3. The smallest absolute Gasteiger partial charge is 0.266 e. The van der Waals surface area contributed by atoms with E-state index in [0.29, 0.717) is 16.6 Å². The molecule has 132 valence electrons. The highest BCUT2D eigenvalue weighted by molar-refractivity contribution is 7.93. The Morgan fingerprint density at radius 1 is 1.08 bits per heavy atom. The molecule has 0 N–H and O–H groups in total. The van der Waals surface area contributed by atoms with Crippen LogP contribution in [0.25, 0.3) is 10.2 Å². The van der Waals surface area contributed by atoms with E-state index in [1.54, 1.807) is 43.3 Å². The van der Waals surface area contributed by atoms with Gasteiger partial charge in [0.1, 0.15) is 11.5 Å². The van der Waals surface area contributed by atoms with Gasteiger partial charge in [0, 0.05) is 6.07 Å². The SMILES string of the molecule is Cc1cc(CN(c2nc3ccccc3s2)S(=O)(=O)c2ccccc2)no1. The van der Waals surface area contributed by atoms with Crippen molar-refractivity contribution < 1.29 is 12.9 Å². The van der Waals surface area contributed by atoms with Crippen LogP contribution in [-0.2, 0) is 16.6 Å². The van der Waals surface area contributed by atoms with Crippen LogP contribution < -0.4 is 4.31 Å². The lowest BCUT2D eigenvalue weighted by atomic mass is 10.3. The van der Waals surface area contributed by atoms with Crippen LogP contribution in [0.15, 0.2) is 70.1 Å². The predicted octanol–water partition coefficient (Wildman–Crippen LogP) is 3.99. The number of hydrogen-bond donors (Lipinski definition) is 0. The molecule has 0 saturated carbocycles. The molecular weight excluding hydrogens is 370 g/mol. The molecular formula is C18H15N3O3S2. The van der Waals surface area contributed by atoms with Crippen molar-refractivity contribution in [3.8, 4) is 0 Å². The van der Waals surface area contributed by atoms with Gasteiger partial charge < -0.3 is 4.52 Å². The van der Waals surface area contributed by atoms with Gasteiger partial charge in [0.25, 0.3) is 10.0 Å². The van der Waals surface area contributed by atoms with Crippen molar-refractivity contribution in [3.05, 3.63) is 72.1 Å². The lowest BCUT2D eigenvalue weighted by Gasteiger charge is -2.20. The summed E-state index contributed by atoms with van der Waals surface area (Å²) in [7, 11) is -3.79. The Bertz CT molecular complexity index is 1120. The van der Waals surface area contributed by atoms with E-state index in [2.05, 4.69) is 10.1 Å². The van der Waals surface area contributed by atoms with Gasteiger partial charge >= 0.3 is 0 Å². The number of aromatic nitrogens is 2. The molecule has 4 aromatic rings. The molecule has 0 aliphatic heterocycles. The molecule has 0 aliphatic carbocycles. The summed E-state index contributed by atoms with van der Waals surface area (Å²) in [6, 6.07) is 17.6. The number of nitrogens with zero attached hydrogens (tertiary/aromatic N) is 3. The van der Waals surface area contributed by atoms with Crippen LogP contribution in [0.4, 0.5) is 5.13 Å². The van der Waals surface area contributed by atoms with E-state index in [-0.39, 0.29) is 11.4 Å². The number of fused-ring (bicyclic) bond motifs is 1. The maximum Gasteiger partial charge on any atom is 0.266 e. The summed E-state index contributed by atoms with van der Waals surface area (Å²) in [6.45, 7) is 1.82. The van der Waals surface area contributed by atoms with Crippen molar-refractivity contribution in [2.24, 2.45) is 0 Å². The molecule has 0 radical (unpaired) electrons. The highest BCUT2D eigenvalue weighted by Gasteiger charge is 2.28. The van der Waals surface area contributed by atoms with Crippen LogP contribution in [0.1, 0.15) is 11.5 Å². The fourth-order valence-corrected chi connectivity index (χ4v) is 5.16. The van der Waals surface area contributed by atoms with E-state index < -0.39 is 10.0 Å². The second kappa shape index (κ2) is 6.54. The normalized spacial score (nSPS) is 11.7. The molecule has 0 atom stereocenters. The van der Waals surface area contributed by atoms with Gasteiger partial charge in [-0.05, 0) is 31.2 Å². The first-order chi connectivity index (χ1) is 12.5. The van der Waals surface area contributed by atoms with Crippen LogP contribution in [0, 0.1) is 6.92 Å². The van der Waals surface area contributed by atoms with Gasteiger partial charge in [-0.3, -0.25) is 0 Å². The largest absolute Gasteiger partial charge is 0.361 e. The summed E-state index contributed by atoms with van der Waals surface area (Å²) in [4.78, 5) is 4.72. The number of para-hydroxylation sites is 1. The van der Waals surface area contributed by atoms with Gasteiger partial charge in [-0.1, -0.05) is 46.8 Å². The first-order valence-corrected chi connectivity index (χ1v) is 10.2. The Morgan fingerprint density at radius 3 is 2.50 bits per heavy atom. The lowest BCUT2D eigenvalue weighted by Crippen LogP contribution is -2.30. The second-order valence-electron chi connectivity index (χ2n) is 5.72. The van der Waals surface area contributed by atoms with E-state index in [1.807, 2.05) is 24.3 Å². The molecule has 8 heteroatoms. The molecule has 2 aromatic heterocycles. The van der Waals surface area contributed by atoms with E-state index in [0.717, 1.165) is 10.2 Å². The average molecular weight is 385 g/mol. The molecule has 0 amide bonds. The number of benzene rings is 2. The molecule has 0 aliphatic rings. The molecule has 2 heterocycles. The molecule has 26 heavy (non-hydrogen) atoms. The minimum atomic E-state index is -3.79. The average Bonchev–Trinajstić information content (AvgIpc) is 3.25. The first-order valence-electron chi connectivity index (χ1n) is 7.89. The zero-order valence-electron chi connectivity index (χ0n) is 13.9. The van der Waals surface area contributed by atoms with Gasteiger partial charge in [-0.2, -0.15) is 0 Å². The Balaban J connectivity index is 1.83. The van der Waals surface area contributed by atoms with Gasteiger partial charge in [-0.25, -0.2) is 17.7 Å². The zero-order chi connectivity index (χ0) is 18.1. The monoisotopic (exact) mass is 385 g/mol. The van der Waals surface area contributed by atoms with Crippen molar-refractivity contribution in [2.45, 2.75) is 18.4 Å². The van der Waals surface area contributed by atoms with E-state index >= 15 is 0 Å². The van der Waals surface area contributed by atoms with Crippen molar-refractivity contribution in [1.29, 1.82) is 0 Å². The quantitative estimate of drug-likeness (QED) is 0.519. The van der Waals surface area contributed by atoms with Crippen molar-refractivity contribution >= 4 is 36.7 Å². The molecule has 0 spiro atoms. The number of thiazole rings is 1. The number of aryl methyl sites for hydroxylation is 1. The Kier molecular flexibility index (Phi) is 4.21. The molecule has 2 aromatic carbocycles. The molecule has 6 nitrogen and oxygen atoms in total. The third kappa shape index (κ3) is 3.09. The second-order valence-corrected chi connectivity index (χ2v) is 8.59. The predicted molar refractivity (Wildman–Crippen MR) is 101 cm³/mol. The fourth-order valence-electron chi connectivity index (χ4n) is 2.58. The standard InChI is InChI=1S/C18H15N3O3S2/c1-13-11-14(20-24-13)12-21(26(22,23)15-7-3-2-4-8-15)18-19-16-9-5-6-10-17(16)25-18/h2-11H,12H2,1H3. The lowest BCUT2D eigenvalue weighted by molar-refractivity contribution is 0.391. The summed E-state index contributed by atoms with van der Waals surface area (Å²) in [5, 5.41) is 4.34. The third-order valence-electron chi connectivity index (χ3n) is 3.81. The molecule has 0 unspecified atom stereocenters. The van der Waals surface area contributed by atoms with Crippen LogP contribution in [-0.4, -0.2) is 18.6 Å². The minimum absolute atomic E-state index is 0.0500. The summed E-state index contributed by atoms with van der Waals surface area (Å²) >= 11 is 1.33. The van der Waals surface area contributed by atoms with Crippen LogP contribution in [0.5, 0.6) is 0 Å². The van der Waals surface area contributed by atoms with Gasteiger partial charge in [0.05, 0.1) is 21.7 Å².